The third kappa shape index (κ3) is 4.46. The van der Waals surface area contributed by atoms with Crippen LogP contribution in [0.1, 0.15) is 18.4 Å². The molecule has 0 radical (unpaired) electrons. The molecule has 1 aromatic carbocycles. The summed E-state index contributed by atoms with van der Waals surface area (Å²) in [5, 5.41) is 2.92. The van der Waals surface area contributed by atoms with E-state index < -0.39 is 10.0 Å². The van der Waals surface area contributed by atoms with E-state index in [2.05, 4.69) is 10.0 Å². The van der Waals surface area contributed by atoms with Crippen molar-refractivity contribution in [1.29, 1.82) is 0 Å². The van der Waals surface area contributed by atoms with Gasteiger partial charge in [0, 0.05) is 11.7 Å². The van der Waals surface area contributed by atoms with Gasteiger partial charge in [-0.1, -0.05) is 23.7 Å². The average molecular weight is 371 g/mol. The summed E-state index contributed by atoms with van der Waals surface area (Å²) in [5.74, 6) is -0.00550. The third-order valence-corrected chi connectivity index (χ3v) is 6.43. The van der Waals surface area contributed by atoms with E-state index in [1.165, 1.54) is 6.07 Å². The van der Waals surface area contributed by atoms with Crippen LogP contribution in [0.15, 0.2) is 40.6 Å². The molecule has 1 aliphatic carbocycles. The maximum absolute atomic E-state index is 12.2. The highest BCUT2D eigenvalue weighted by atomic mass is 35.5. The summed E-state index contributed by atoms with van der Waals surface area (Å²) in [6.45, 7) is 0. The van der Waals surface area contributed by atoms with Crippen molar-refractivity contribution in [3.63, 3.8) is 0 Å². The van der Waals surface area contributed by atoms with Crippen LogP contribution in [0.5, 0.6) is 0 Å². The Morgan fingerprint density at radius 2 is 1.87 bits per heavy atom. The second-order valence-electron chi connectivity index (χ2n) is 5.38. The summed E-state index contributed by atoms with van der Waals surface area (Å²) >= 11 is 6.77. The van der Waals surface area contributed by atoms with Crippen LogP contribution in [0, 0.1) is 0 Å². The van der Waals surface area contributed by atoms with Crippen LogP contribution in [-0.2, 0) is 21.2 Å². The Hall–Kier alpha value is -1.57. The maximum atomic E-state index is 12.2. The number of rotatable bonds is 6. The van der Waals surface area contributed by atoms with Gasteiger partial charge in [0.15, 0.2) is 0 Å². The second-order valence-corrected chi connectivity index (χ2v) is 9.00. The van der Waals surface area contributed by atoms with Crippen LogP contribution in [-0.4, -0.2) is 20.4 Å². The molecule has 1 saturated carbocycles. The summed E-state index contributed by atoms with van der Waals surface area (Å²) in [7, 11) is -3.63. The highest BCUT2D eigenvalue weighted by Crippen LogP contribution is 2.27. The first kappa shape index (κ1) is 16.3. The normalized spacial score (nSPS) is 14.5. The van der Waals surface area contributed by atoms with Gasteiger partial charge < -0.3 is 5.32 Å². The van der Waals surface area contributed by atoms with Crippen molar-refractivity contribution < 1.29 is 13.2 Å². The molecule has 1 amide bonds. The standard InChI is InChI=1S/C15H15ClN2O3S2/c16-13-7-8-15(22-13)23(20,21)18-12-3-1-10(2-4-12)9-14(19)17-11-5-6-11/h1-4,7-8,11,18H,5-6,9H2,(H,17,19). The van der Waals surface area contributed by atoms with Crippen molar-refractivity contribution in [2.45, 2.75) is 29.5 Å². The van der Waals surface area contributed by atoms with E-state index in [4.69, 9.17) is 11.6 Å². The second kappa shape index (κ2) is 6.51. The predicted molar refractivity (Wildman–Crippen MR) is 91.4 cm³/mol. The molecule has 5 nitrogen and oxygen atoms in total. The molecule has 3 rings (SSSR count). The van der Waals surface area contributed by atoms with Gasteiger partial charge in [0.25, 0.3) is 10.0 Å². The van der Waals surface area contributed by atoms with Crippen molar-refractivity contribution in [2.24, 2.45) is 0 Å². The molecule has 2 N–H and O–H groups in total. The zero-order chi connectivity index (χ0) is 16.4. The molecule has 0 atom stereocenters. The molecule has 1 aromatic heterocycles. The number of halogens is 1. The Balaban J connectivity index is 1.63. The van der Waals surface area contributed by atoms with Gasteiger partial charge in [0.2, 0.25) is 5.91 Å². The number of carbonyl (C=O) groups excluding carboxylic acids is 1. The third-order valence-electron chi connectivity index (χ3n) is 3.33. The van der Waals surface area contributed by atoms with E-state index in [1.54, 1.807) is 30.3 Å². The van der Waals surface area contributed by atoms with E-state index in [9.17, 15) is 13.2 Å². The Labute approximate surface area is 143 Å². The number of carbonyl (C=O) groups is 1. The van der Waals surface area contributed by atoms with Crippen LogP contribution in [0.25, 0.3) is 0 Å². The van der Waals surface area contributed by atoms with Gasteiger partial charge in [-0.05, 0) is 42.7 Å². The predicted octanol–water partition coefficient (Wildman–Crippen LogP) is 3.02. The number of hydrogen-bond acceptors (Lipinski definition) is 4. The largest absolute Gasteiger partial charge is 0.353 e. The minimum absolute atomic E-state index is 0.00550. The minimum atomic E-state index is -3.63. The first-order valence-corrected chi connectivity index (χ1v) is 9.76. The molecule has 0 unspecified atom stereocenters. The number of benzene rings is 1. The Kier molecular flexibility index (Phi) is 4.61. The Morgan fingerprint density at radius 1 is 1.17 bits per heavy atom. The first-order valence-electron chi connectivity index (χ1n) is 7.09. The molecule has 2 aromatic rings. The fraction of sp³-hybridized carbons (Fsp3) is 0.267. The van der Waals surface area contributed by atoms with Gasteiger partial charge >= 0.3 is 0 Å². The van der Waals surface area contributed by atoms with Crippen LogP contribution in [0.3, 0.4) is 0 Å². The van der Waals surface area contributed by atoms with E-state index in [0.717, 1.165) is 29.7 Å². The Morgan fingerprint density at radius 3 is 2.43 bits per heavy atom. The van der Waals surface area contributed by atoms with Gasteiger partial charge in [-0.2, -0.15) is 0 Å². The quantitative estimate of drug-likeness (QED) is 0.820. The number of amides is 1. The summed E-state index contributed by atoms with van der Waals surface area (Å²) in [5.41, 5.74) is 1.28. The van der Waals surface area contributed by atoms with Crippen LogP contribution in [0.2, 0.25) is 4.34 Å². The van der Waals surface area contributed by atoms with Crippen molar-refractivity contribution in [3.05, 3.63) is 46.3 Å². The van der Waals surface area contributed by atoms with E-state index in [0.29, 0.717) is 22.5 Å². The van der Waals surface area contributed by atoms with E-state index >= 15 is 0 Å². The summed E-state index contributed by atoms with van der Waals surface area (Å²) in [6.07, 6.45) is 2.41. The average Bonchev–Trinajstić information content (AvgIpc) is 3.18. The first-order chi connectivity index (χ1) is 10.9. The highest BCUT2D eigenvalue weighted by molar-refractivity contribution is 7.94. The monoisotopic (exact) mass is 370 g/mol. The SMILES string of the molecule is O=C(Cc1ccc(NS(=O)(=O)c2ccc(Cl)s2)cc1)NC1CC1. The van der Waals surface area contributed by atoms with Crippen molar-refractivity contribution in [2.75, 3.05) is 4.72 Å². The molecule has 1 heterocycles. The van der Waals surface area contributed by atoms with Crippen molar-refractivity contribution in [1.82, 2.24) is 5.32 Å². The minimum Gasteiger partial charge on any atom is -0.353 e. The van der Waals surface area contributed by atoms with E-state index in [-0.39, 0.29) is 10.1 Å². The van der Waals surface area contributed by atoms with Crippen LogP contribution in [0.4, 0.5) is 5.69 Å². The molecular weight excluding hydrogens is 356 g/mol. The van der Waals surface area contributed by atoms with Crippen molar-refractivity contribution in [3.8, 4) is 0 Å². The van der Waals surface area contributed by atoms with Crippen LogP contribution < -0.4 is 10.0 Å². The van der Waals surface area contributed by atoms with Gasteiger partial charge in [0.1, 0.15) is 4.21 Å². The molecular formula is C15H15ClN2O3S2. The molecule has 122 valence electrons. The summed E-state index contributed by atoms with van der Waals surface area (Å²) in [6, 6.07) is 10.1. The van der Waals surface area contributed by atoms with Gasteiger partial charge in [0.05, 0.1) is 10.8 Å². The topological polar surface area (TPSA) is 75.3 Å². The lowest BCUT2D eigenvalue weighted by Gasteiger charge is -2.08. The number of sulfonamides is 1. The van der Waals surface area contributed by atoms with Gasteiger partial charge in [-0.15, -0.1) is 11.3 Å². The fourth-order valence-corrected chi connectivity index (χ4v) is 4.57. The zero-order valence-electron chi connectivity index (χ0n) is 12.1. The highest BCUT2D eigenvalue weighted by Gasteiger charge is 2.23. The van der Waals surface area contributed by atoms with Crippen LogP contribution >= 0.6 is 22.9 Å². The lowest BCUT2D eigenvalue weighted by atomic mass is 10.1. The number of nitrogens with one attached hydrogen (secondary N) is 2. The van der Waals surface area contributed by atoms with Gasteiger partial charge in [-0.3, -0.25) is 9.52 Å². The Bertz CT molecular complexity index is 812. The molecule has 0 aliphatic heterocycles. The zero-order valence-corrected chi connectivity index (χ0v) is 14.5. The molecule has 23 heavy (non-hydrogen) atoms. The number of thiophene rings is 1. The molecule has 8 heteroatoms. The lowest BCUT2D eigenvalue weighted by Crippen LogP contribution is -2.26. The molecule has 0 spiro atoms. The fourth-order valence-electron chi connectivity index (χ4n) is 2.03. The summed E-state index contributed by atoms with van der Waals surface area (Å²) in [4.78, 5) is 11.7. The molecule has 0 bridgehead atoms. The number of hydrogen-bond donors (Lipinski definition) is 2. The smallest absolute Gasteiger partial charge is 0.271 e. The summed E-state index contributed by atoms with van der Waals surface area (Å²) < 4.78 is 27.4. The molecule has 1 fully saturated rings. The van der Waals surface area contributed by atoms with Crippen molar-refractivity contribution >= 4 is 44.6 Å². The van der Waals surface area contributed by atoms with Gasteiger partial charge in [-0.25, -0.2) is 8.42 Å². The van der Waals surface area contributed by atoms with E-state index in [1.807, 2.05) is 0 Å². The maximum Gasteiger partial charge on any atom is 0.271 e. The lowest BCUT2D eigenvalue weighted by molar-refractivity contribution is -0.120. The number of anilines is 1. The molecule has 0 saturated heterocycles. The molecule has 1 aliphatic rings.